The minimum Gasteiger partial charge on any atom is -0.477 e. The van der Waals surface area contributed by atoms with Crippen LogP contribution in [-0.4, -0.2) is 28.3 Å². The van der Waals surface area contributed by atoms with Crippen molar-refractivity contribution in [2.45, 2.75) is 12.8 Å². The van der Waals surface area contributed by atoms with E-state index in [0.29, 0.717) is 12.5 Å². The summed E-state index contributed by atoms with van der Waals surface area (Å²) in [7, 11) is 0. The maximum Gasteiger partial charge on any atom is 0.232 e. The molecule has 0 bridgehead atoms. The normalized spacial score (nSPS) is 9.75. The van der Waals surface area contributed by atoms with Crippen molar-refractivity contribution in [3.63, 3.8) is 0 Å². The summed E-state index contributed by atoms with van der Waals surface area (Å²) in [4.78, 5) is 7.78. The van der Waals surface area contributed by atoms with Gasteiger partial charge in [-0.15, -0.1) is 0 Å². The van der Waals surface area contributed by atoms with Gasteiger partial charge in [0.15, 0.2) is 0 Å². The lowest BCUT2D eigenvalue weighted by molar-refractivity contribution is 0.248. The molecule has 0 spiro atoms. The first-order chi connectivity index (χ1) is 5.93. The van der Waals surface area contributed by atoms with Gasteiger partial charge in [-0.25, -0.2) is 4.98 Å². The highest BCUT2D eigenvalue weighted by Crippen LogP contribution is 2.01. The van der Waals surface area contributed by atoms with Crippen LogP contribution in [0.15, 0.2) is 18.6 Å². The SMILES string of the molecule is OCCCCOc1cnccn1. The van der Waals surface area contributed by atoms with Crippen LogP contribution in [-0.2, 0) is 0 Å². The van der Waals surface area contributed by atoms with Crippen LogP contribution in [0.4, 0.5) is 0 Å². The molecule has 1 N–H and O–H groups in total. The fourth-order valence-corrected chi connectivity index (χ4v) is 0.751. The highest BCUT2D eigenvalue weighted by molar-refractivity contribution is 5.00. The van der Waals surface area contributed by atoms with E-state index in [4.69, 9.17) is 9.84 Å². The third-order valence-electron chi connectivity index (χ3n) is 1.34. The van der Waals surface area contributed by atoms with Crippen molar-refractivity contribution < 1.29 is 9.84 Å². The average molecular weight is 168 g/mol. The molecular formula is C8H12N2O2. The number of aliphatic hydroxyl groups is 1. The molecule has 0 amide bonds. The predicted molar refractivity (Wildman–Crippen MR) is 43.8 cm³/mol. The van der Waals surface area contributed by atoms with Crippen molar-refractivity contribution in [1.82, 2.24) is 9.97 Å². The largest absolute Gasteiger partial charge is 0.477 e. The number of rotatable bonds is 5. The quantitative estimate of drug-likeness (QED) is 0.655. The number of aliphatic hydroxyl groups excluding tert-OH is 1. The molecular weight excluding hydrogens is 156 g/mol. The Labute approximate surface area is 71.2 Å². The van der Waals surface area contributed by atoms with Crippen LogP contribution in [0.25, 0.3) is 0 Å². The first-order valence-corrected chi connectivity index (χ1v) is 3.93. The molecule has 0 saturated heterocycles. The van der Waals surface area contributed by atoms with Gasteiger partial charge in [0.05, 0.1) is 12.8 Å². The van der Waals surface area contributed by atoms with Crippen molar-refractivity contribution in [2.24, 2.45) is 0 Å². The number of unbranched alkanes of at least 4 members (excludes halogenated alkanes) is 1. The molecule has 1 heterocycles. The van der Waals surface area contributed by atoms with Crippen molar-refractivity contribution in [3.05, 3.63) is 18.6 Å². The van der Waals surface area contributed by atoms with Gasteiger partial charge in [-0.05, 0) is 12.8 Å². The van der Waals surface area contributed by atoms with Gasteiger partial charge < -0.3 is 9.84 Å². The maximum absolute atomic E-state index is 8.48. The molecule has 66 valence electrons. The van der Waals surface area contributed by atoms with Crippen LogP contribution < -0.4 is 4.74 Å². The van der Waals surface area contributed by atoms with Gasteiger partial charge in [-0.3, -0.25) is 4.98 Å². The van der Waals surface area contributed by atoms with Gasteiger partial charge in [0.1, 0.15) is 0 Å². The van der Waals surface area contributed by atoms with Gasteiger partial charge in [-0.1, -0.05) is 0 Å². The predicted octanol–water partition coefficient (Wildman–Crippen LogP) is 0.628. The second-order valence-electron chi connectivity index (χ2n) is 2.32. The number of ether oxygens (including phenoxy) is 1. The summed E-state index contributed by atoms with van der Waals surface area (Å²) in [6.07, 6.45) is 6.36. The Morgan fingerprint density at radius 1 is 1.33 bits per heavy atom. The topological polar surface area (TPSA) is 55.2 Å². The summed E-state index contributed by atoms with van der Waals surface area (Å²) in [5, 5.41) is 8.48. The summed E-state index contributed by atoms with van der Waals surface area (Å²) >= 11 is 0. The zero-order valence-corrected chi connectivity index (χ0v) is 6.81. The van der Waals surface area contributed by atoms with E-state index in [0.717, 1.165) is 12.8 Å². The van der Waals surface area contributed by atoms with Crippen molar-refractivity contribution in [3.8, 4) is 5.88 Å². The van der Waals surface area contributed by atoms with Crippen molar-refractivity contribution >= 4 is 0 Å². The van der Waals surface area contributed by atoms with Gasteiger partial charge in [-0.2, -0.15) is 0 Å². The van der Waals surface area contributed by atoms with Crippen LogP contribution >= 0.6 is 0 Å². The lowest BCUT2D eigenvalue weighted by Crippen LogP contribution is -2.00. The minimum absolute atomic E-state index is 0.212. The molecule has 0 atom stereocenters. The van der Waals surface area contributed by atoms with E-state index in [2.05, 4.69) is 9.97 Å². The third kappa shape index (κ3) is 3.30. The second-order valence-corrected chi connectivity index (χ2v) is 2.32. The first-order valence-electron chi connectivity index (χ1n) is 3.93. The molecule has 0 aliphatic heterocycles. The highest BCUT2D eigenvalue weighted by atomic mass is 16.5. The maximum atomic E-state index is 8.48. The third-order valence-corrected chi connectivity index (χ3v) is 1.34. The standard InChI is InChI=1S/C8H12N2O2/c11-5-1-2-6-12-8-7-9-3-4-10-8/h3-4,7,11H,1-2,5-6H2. The number of hydrogen-bond acceptors (Lipinski definition) is 4. The van der Waals surface area contributed by atoms with E-state index in [1.54, 1.807) is 18.6 Å². The molecule has 4 heteroatoms. The molecule has 0 aliphatic rings. The van der Waals surface area contributed by atoms with Crippen LogP contribution in [0.3, 0.4) is 0 Å². The summed E-state index contributed by atoms with van der Waals surface area (Å²) < 4.78 is 5.22. The molecule has 1 aromatic rings. The number of nitrogens with zero attached hydrogens (tertiary/aromatic N) is 2. The van der Waals surface area contributed by atoms with Crippen LogP contribution in [0.2, 0.25) is 0 Å². The lowest BCUT2D eigenvalue weighted by Gasteiger charge is -2.02. The number of hydrogen-bond donors (Lipinski definition) is 1. The Morgan fingerprint density at radius 2 is 2.25 bits per heavy atom. The van der Waals surface area contributed by atoms with E-state index in [1.807, 2.05) is 0 Å². The van der Waals surface area contributed by atoms with Crippen LogP contribution in [0.5, 0.6) is 5.88 Å². The van der Waals surface area contributed by atoms with E-state index >= 15 is 0 Å². The van der Waals surface area contributed by atoms with E-state index < -0.39 is 0 Å². The smallest absolute Gasteiger partial charge is 0.232 e. The molecule has 0 fully saturated rings. The zero-order chi connectivity index (χ0) is 8.65. The van der Waals surface area contributed by atoms with Crippen molar-refractivity contribution in [2.75, 3.05) is 13.2 Å². The molecule has 1 aromatic heterocycles. The van der Waals surface area contributed by atoms with E-state index in [1.165, 1.54) is 0 Å². The Balaban J connectivity index is 2.16. The summed E-state index contributed by atoms with van der Waals surface area (Å²) in [6, 6.07) is 0. The Hall–Kier alpha value is -1.16. The van der Waals surface area contributed by atoms with Crippen LogP contribution in [0, 0.1) is 0 Å². The van der Waals surface area contributed by atoms with E-state index in [9.17, 15) is 0 Å². The van der Waals surface area contributed by atoms with Crippen molar-refractivity contribution in [1.29, 1.82) is 0 Å². The lowest BCUT2D eigenvalue weighted by atomic mass is 10.3. The molecule has 0 aromatic carbocycles. The molecule has 0 saturated carbocycles. The fraction of sp³-hybridized carbons (Fsp3) is 0.500. The first kappa shape index (κ1) is 8.93. The monoisotopic (exact) mass is 168 g/mol. The molecule has 12 heavy (non-hydrogen) atoms. The molecule has 4 nitrogen and oxygen atoms in total. The molecule has 1 rings (SSSR count). The fourth-order valence-electron chi connectivity index (χ4n) is 0.751. The zero-order valence-electron chi connectivity index (χ0n) is 6.81. The minimum atomic E-state index is 0.212. The summed E-state index contributed by atoms with van der Waals surface area (Å²) in [6.45, 7) is 0.795. The second kappa shape index (κ2) is 5.49. The highest BCUT2D eigenvalue weighted by Gasteiger charge is 1.92. The average Bonchev–Trinajstić information content (AvgIpc) is 2.14. The van der Waals surface area contributed by atoms with Crippen LogP contribution in [0.1, 0.15) is 12.8 Å². The van der Waals surface area contributed by atoms with E-state index in [-0.39, 0.29) is 6.61 Å². The molecule has 0 aliphatic carbocycles. The van der Waals surface area contributed by atoms with Gasteiger partial charge in [0.25, 0.3) is 0 Å². The van der Waals surface area contributed by atoms with Gasteiger partial charge >= 0.3 is 0 Å². The molecule has 0 unspecified atom stereocenters. The summed E-state index contributed by atoms with van der Waals surface area (Å²) in [5.74, 6) is 0.537. The van der Waals surface area contributed by atoms with Gasteiger partial charge in [0.2, 0.25) is 5.88 Å². The van der Waals surface area contributed by atoms with Gasteiger partial charge in [0, 0.05) is 19.0 Å². The Bertz CT molecular complexity index is 203. The molecule has 0 radical (unpaired) electrons. The summed E-state index contributed by atoms with van der Waals surface area (Å²) in [5.41, 5.74) is 0. The Kier molecular flexibility index (Phi) is 4.08. The Morgan fingerprint density at radius 3 is 2.92 bits per heavy atom. The number of aromatic nitrogens is 2.